The lowest BCUT2D eigenvalue weighted by Crippen LogP contribution is -2.36. The van der Waals surface area contributed by atoms with Gasteiger partial charge in [-0.05, 0) is 25.5 Å². The Morgan fingerprint density at radius 3 is 2.59 bits per heavy atom. The normalized spacial score (nSPS) is 11.3. The first-order valence-electron chi connectivity index (χ1n) is 10.1. The van der Waals surface area contributed by atoms with E-state index >= 15 is 0 Å². The molecule has 0 spiro atoms. The number of benzene rings is 2. The first-order valence-corrected chi connectivity index (χ1v) is 10.1. The Labute approximate surface area is 172 Å². The van der Waals surface area contributed by atoms with Gasteiger partial charge in [0.15, 0.2) is 5.96 Å². The number of ether oxygens (including phenoxy) is 1. The van der Waals surface area contributed by atoms with E-state index in [9.17, 15) is 0 Å². The van der Waals surface area contributed by atoms with Crippen molar-refractivity contribution in [1.82, 2.24) is 20.4 Å². The maximum Gasteiger partial charge on any atom is 0.191 e. The van der Waals surface area contributed by atoms with Crippen LogP contribution in [0.2, 0.25) is 0 Å². The zero-order chi connectivity index (χ0) is 20.3. The van der Waals surface area contributed by atoms with Gasteiger partial charge in [0.25, 0.3) is 0 Å². The molecule has 0 amide bonds. The molecule has 0 unspecified atom stereocenters. The average Bonchev–Trinajstić information content (AvgIpc) is 3.19. The quantitative estimate of drug-likeness (QED) is 0.432. The lowest BCUT2D eigenvalue weighted by molar-refractivity contribution is 0.336. The number of hydrogen-bond acceptors (Lipinski definition) is 3. The molecule has 3 aromatic rings. The van der Waals surface area contributed by atoms with Crippen LogP contribution in [0.5, 0.6) is 5.75 Å². The molecule has 0 fully saturated rings. The van der Waals surface area contributed by atoms with E-state index in [-0.39, 0.29) is 0 Å². The molecule has 0 saturated heterocycles. The van der Waals surface area contributed by atoms with Crippen LogP contribution < -0.4 is 15.4 Å². The largest absolute Gasteiger partial charge is 0.494 e. The van der Waals surface area contributed by atoms with Crippen molar-refractivity contribution in [2.24, 2.45) is 4.99 Å². The molecule has 0 aliphatic rings. The molecule has 2 aromatic carbocycles. The van der Waals surface area contributed by atoms with Gasteiger partial charge in [-0.1, -0.05) is 48.5 Å². The molecule has 2 N–H and O–H groups in total. The maximum absolute atomic E-state index is 5.70. The van der Waals surface area contributed by atoms with E-state index in [1.165, 1.54) is 5.56 Å². The Balaban J connectivity index is 1.59. The molecule has 0 saturated carbocycles. The number of aromatic nitrogens is 2. The third-order valence-corrected chi connectivity index (χ3v) is 4.36. The summed E-state index contributed by atoms with van der Waals surface area (Å²) < 4.78 is 7.64. The second kappa shape index (κ2) is 10.9. The van der Waals surface area contributed by atoms with E-state index in [0.29, 0.717) is 19.7 Å². The minimum absolute atomic E-state index is 0.567. The van der Waals surface area contributed by atoms with Gasteiger partial charge < -0.3 is 15.4 Å². The fourth-order valence-corrected chi connectivity index (χ4v) is 2.98. The minimum atomic E-state index is 0.567. The number of guanidine groups is 1. The Hall–Kier alpha value is -3.28. The van der Waals surface area contributed by atoms with Crippen LogP contribution in [0.1, 0.15) is 30.5 Å². The number of nitrogens with zero attached hydrogens (tertiary/aromatic N) is 3. The molecule has 1 heterocycles. The second-order valence-corrected chi connectivity index (χ2v) is 6.62. The summed E-state index contributed by atoms with van der Waals surface area (Å²) in [4.78, 5) is 4.70. The van der Waals surface area contributed by atoms with E-state index in [4.69, 9.17) is 9.73 Å². The smallest absolute Gasteiger partial charge is 0.191 e. The summed E-state index contributed by atoms with van der Waals surface area (Å²) in [5, 5.41) is 11.1. The van der Waals surface area contributed by atoms with Gasteiger partial charge in [0.2, 0.25) is 0 Å². The van der Waals surface area contributed by atoms with Crippen LogP contribution in [0.25, 0.3) is 0 Å². The number of nitrogens with one attached hydrogen (secondary N) is 2. The maximum atomic E-state index is 5.70. The summed E-state index contributed by atoms with van der Waals surface area (Å²) >= 11 is 0. The molecule has 0 aliphatic carbocycles. The van der Waals surface area contributed by atoms with Gasteiger partial charge in [-0.25, -0.2) is 4.99 Å². The van der Waals surface area contributed by atoms with Crippen molar-refractivity contribution in [2.45, 2.75) is 33.5 Å². The van der Waals surface area contributed by atoms with E-state index in [1.54, 1.807) is 0 Å². The molecular formula is C23H29N5O. The summed E-state index contributed by atoms with van der Waals surface area (Å²) in [7, 11) is 0. The topological polar surface area (TPSA) is 63.5 Å². The molecule has 29 heavy (non-hydrogen) atoms. The molecule has 0 aliphatic heterocycles. The summed E-state index contributed by atoms with van der Waals surface area (Å²) in [5.74, 6) is 1.68. The van der Waals surface area contributed by atoms with Crippen LogP contribution in [0.4, 0.5) is 0 Å². The predicted octanol–water partition coefficient (Wildman–Crippen LogP) is 3.59. The van der Waals surface area contributed by atoms with Crippen molar-refractivity contribution in [1.29, 1.82) is 0 Å². The number of rotatable bonds is 9. The van der Waals surface area contributed by atoms with Gasteiger partial charge in [0, 0.05) is 30.4 Å². The van der Waals surface area contributed by atoms with Crippen molar-refractivity contribution < 1.29 is 4.74 Å². The SMILES string of the molecule is CCNC(=NCc1cnn(Cc2ccccc2)c1)NCc1ccccc1OCC. The Morgan fingerprint density at radius 2 is 1.79 bits per heavy atom. The van der Waals surface area contributed by atoms with Crippen molar-refractivity contribution in [3.05, 3.63) is 83.7 Å². The Bertz CT molecular complexity index is 904. The summed E-state index contributed by atoms with van der Waals surface area (Å²) in [6.07, 6.45) is 3.92. The lowest BCUT2D eigenvalue weighted by atomic mass is 10.2. The molecule has 0 radical (unpaired) electrons. The Morgan fingerprint density at radius 1 is 1.00 bits per heavy atom. The van der Waals surface area contributed by atoms with E-state index in [2.05, 4.69) is 40.9 Å². The molecule has 1 aromatic heterocycles. The molecule has 3 rings (SSSR count). The lowest BCUT2D eigenvalue weighted by Gasteiger charge is -2.14. The molecule has 0 atom stereocenters. The van der Waals surface area contributed by atoms with Crippen LogP contribution in [-0.4, -0.2) is 28.9 Å². The zero-order valence-corrected chi connectivity index (χ0v) is 17.1. The van der Waals surface area contributed by atoms with Crippen molar-refractivity contribution in [3.8, 4) is 5.75 Å². The highest BCUT2D eigenvalue weighted by Gasteiger charge is 2.05. The van der Waals surface area contributed by atoms with Gasteiger partial charge in [-0.15, -0.1) is 0 Å². The van der Waals surface area contributed by atoms with Crippen molar-refractivity contribution in [2.75, 3.05) is 13.2 Å². The minimum Gasteiger partial charge on any atom is -0.494 e. The molecule has 6 nitrogen and oxygen atoms in total. The zero-order valence-electron chi connectivity index (χ0n) is 17.1. The third kappa shape index (κ3) is 6.38. The number of para-hydroxylation sites is 1. The van der Waals surface area contributed by atoms with Gasteiger partial charge >= 0.3 is 0 Å². The monoisotopic (exact) mass is 391 g/mol. The fraction of sp³-hybridized carbons (Fsp3) is 0.304. The van der Waals surface area contributed by atoms with Crippen molar-refractivity contribution >= 4 is 5.96 Å². The van der Waals surface area contributed by atoms with Crippen LogP contribution in [0, 0.1) is 0 Å². The summed E-state index contributed by atoms with van der Waals surface area (Å²) in [6.45, 7) is 7.48. The molecule has 152 valence electrons. The molecular weight excluding hydrogens is 362 g/mol. The van der Waals surface area contributed by atoms with Crippen LogP contribution in [0.15, 0.2) is 72.0 Å². The van der Waals surface area contributed by atoms with Gasteiger partial charge in [-0.3, -0.25) is 4.68 Å². The van der Waals surface area contributed by atoms with Gasteiger partial charge in [0.05, 0.1) is 25.9 Å². The second-order valence-electron chi connectivity index (χ2n) is 6.62. The highest BCUT2D eigenvalue weighted by atomic mass is 16.5. The summed E-state index contributed by atoms with van der Waals surface area (Å²) in [6, 6.07) is 18.4. The number of hydrogen-bond donors (Lipinski definition) is 2. The molecule has 6 heteroatoms. The molecule has 0 bridgehead atoms. The van der Waals surface area contributed by atoms with Gasteiger partial charge in [-0.2, -0.15) is 5.10 Å². The fourth-order valence-electron chi connectivity index (χ4n) is 2.98. The van der Waals surface area contributed by atoms with E-state index in [1.807, 2.05) is 60.4 Å². The summed E-state index contributed by atoms with van der Waals surface area (Å²) in [5.41, 5.74) is 3.41. The van der Waals surface area contributed by atoms with Crippen LogP contribution in [-0.2, 0) is 19.6 Å². The average molecular weight is 392 g/mol. The highest BCUT2D eigenvalue weighted by molar-refractivity contribution is 5.79. The first-order chi connectivity index (χ1) is 14.3. The van der Waals surface area contributed by atoms with Gasteiger partial charge in [0.1, 0.15) is 5.75 Å². The van der Waals surface area contributed by atoms with E-state index < -0.39 is 0 Å². The standard InChI is InChI=1S/C23H29N5O/c1-3-24-23(26-16-21-12-8-9-13-22(21)29-4-2)25-14-20-15-27-28(18-20)17-19-10-6-5-7-11-19/h5-13,15,18H,3-4,14,16-17H2,1-2H3,(H2,24,25,26). The third-order valence-electron chi connectivity index (χ3n) is 4.36. The highest BCUT2D eigenvalue weighted by Crippen LogP contribution is 2.17. The van der Waals surface area contributed by atoms with Crippen molar-refractivity contribution in [3.63, 3.8) is 0 Å². The van der Waals surface area contributed by atoms with Crippen LogP contribution in [0.3, 0.4) is 0 Å². The van der Waals surface area contributed by atoms with E-state index in [0.717, 1.165) is 35.9 Å². The predicted molar refractivity (Wildman–Crippen MR) is 117 cm³/mol. The van der Waals surface area contributed by atoms with Crippen LogP contribution >= 0.6 is 0 Å². The Kier molecular flexibility index (Phi) is 7.69. The first kappa shape index (κ1) is 20.5. The number of aliphatic imine (C=N–C) groups is 1.